The summed E-state index contributed by atoms with van der Waals surface area (Å²) in [7, 11) is 0. The Kier molecular flexibility index (Phi) is 2.91. The van der Waals surface area contributed by atoms with Gasteiger partial charge in [0.15, 0.2) is 6.29 Å². The van der Waals surface area contributed by atoms with E-state index in [2.05, 4.69) is 27.4 Å². The van der Waals surface area contributed by atoms with Gasteiger partial charge in [0.1, 0.15) is 0 Å². The molecule has 0 atom stereocenters. The molecule has 78 valence electrons. The van der Waals surface area contributed by atoms with Crippen LogP contribution in [0.15, 0.2) is 28.9 Å². The Morgan fingerprint density at radius 3 is 2.93 bits per heavy atom. The van der Waals surface area contributed by atoms with Gasteiger partial charge in [0, 0.05) is 33.7 Å². The van der Waals surface area contributed by atoms with Crippen molar-refractivity contribution >= 4 is 33.1 Å². The lowest BCUT2D eigenvalue weighted by molar-refractivity contribution is 0.112. The van der Waals surface area contributed by atoms with Gasteiger partial charge in [-0.1, -0.05) is 22.9 Å². The van der Waals surface area contributed by atoms with E-state index in [4.69, 9.17) is 0 Å². The molecule has 0 unspecified atom stereocenters. The van der Waals surface area contributed by atoms with Crippen LogP contribution in [0.25, 0.3) is 10.9 Å². The van der Waals surface area contributed by atoms with Crippen molar-refractivity contribution in [2.75, 3.05) is 0 Å². The third-order valence-corrected chi connectivity index (χ3v) is 2.96. The topological polar surface area (TPSA) is 22.0 Å². The minimum absolute atomic E-state index is 0.764. The summed E-state index contributed by atoms with van der Waals surface area (Å²) in [6, 6.07) is 6.04. The lowest BCUT2D eigenvalue weighted by atomic mass is 10.2. The summed E-state index contributed by atoms with van der Waals surface area (Å²) in [6.07, 6.45) is 3.91. The summed E-state index contributed by atoms with van der Waals surface area (Å²) < 4.78 is 3.14. The monoisotopic (exact) mass is 265 g/mol. The second-order valence-corrected chi connectivity index (χ2v) is 4.47. The number of carbonyl (C=O) groups excluding carboxylic acids is 1. The Morgan fingerprint density at radius 1 is 1.47 bits per heavy atom. The number of aryl methyl sites for hydroxylation is 1. The number of hydrogen-bond acceptors (Lipinski definition) is 1. The highest BCUT2D eigenvalue weighted by atomic mass is 79.9. The zero-order chi connectivity index (χ0) is 10.8. The first-order valence-corrected chi connectivity index (χ1v) is 5.79. The smallest absolute Gasteiger partial charge is 0.152 e. The molecule has 0 bridgehead atoms. The molecule has 0 aliphatic carbocycles. The van der Waals surface area contributed by atoms with Gasteiger partial charge in [-0.05, 0) is 24.6 Å². The average Bonchev–Trinajstić information content (AvgIpc) is 2.56. The number of aldehydes is 1. The van der Waals surface area contributed by atoms with Gasteiger partial charge in [0.2, 0.25) is 0 Å². The van der Waals surface area contributed by atoms with Crippen LogP contribution in [0.1, 0.15) is 23.7 Å². The summed E-state index contributed by atoms with van der Waals surface area (Å²) in [6.45, 7) is 3.08. The van der Waals surface area contributed by atoms with E-state index in [1.165, 1.54) is 0 Å². The van der Waals surface area contributed by atoms with Crippen molar-refractivity contribution in [2.45, 2.75) is 19.9 Å². The molecule has 0 N–H and O–H groups in total. The first-order valence-electron chi connectivity index (χ1n) is 5.00. The van der Waals surface area contributed by atoms with Crippen LogP contribution in [-0.2, 0) is 6.54 Å². The van der Waals surface area contributed by atoms with Crippen molar-refractivity contribution in [2.24, 2.45) is 0 Å². The molecule has 3 heteroatoms. The van der Waals surface area contributed by atoms with E-state index in [9.17, 15) is 4.79 Å². The van der Waals surface area contributed by atoms with Crippen molar-refractivity contribution in [1.82, 2.24) is 4.57 Å². The maximum absolute atomic E-state index is 10.9. The molecular formula is C12H12BrNO. The Morgan fingerprint density at radius 2 is 2.27 bits per heavy atom. The zero-order valence-electron chi connectivity index (χ0n) is 8.53. The van der Waals surface area contributed by atoms with E-state index in [1.54, 1.807) is 0 Å². The quantitative estimate of drug-likeness (QED) is 0.777. The van der Waals surface area contributed by atoms with Gasteiger partial charge < -0.3 is 4.57 Å². The number of carbonyl (C=O) groups is 1. The second-order valence-electron chi connectivity index (χ2n) is 3.56. The minimum atomic E-state index is 0.764. The Hall–Kier alpha value is -1.09. The van der Waals surface area contributed by atoms with Gasteiger partial charge in [0.25, 0.3) is 0 Å². The molecule has 2 nitrogen and oxygen atoms in total. The normalized spacial score (nSPS) is 10.8. The number of aromatic nitrogens is 1. The standard InChI is InChI=1S/C12H12BrNO/c1-2-5-14-7-9(8-15)11-6-10(13)3-4-12(11)14/h3-4,6-8H,2,5H2,1H3. The van der Waals surface area contributed by atoms with Gasteiger partial charge in [-0.15, -0.1) is 0 Å². The van der Waals surface area contributed by atoms with E-state index in [-0.39, 0.29) is 0 Å². The number of fused-ring (bicyclic) bond motifs is 1. The lowest BCUT2D eigenvalue weighted by Gasteiger charge is -2.01. The number of hydrogen-bond donors (Lipinski definition) is 0. The molecule has 1 heterocycles. The molecule has 2 rings (SSSR count). The van der Waals surface area contributed by atoms with Crippen LogP contribution in [0.4, 0.5) is 0 Å². The maximum Gasteiger partial charge on any atom is 0.152 e. The highest BCUT2D eigenvalue weighted by Crippen LogP contribution is 2.24. The Bertz CT molecular complexity index is 502. The van der Waals surface area contributed by atoms with Gasteiger partial charge in [0.05, 0.1) is 0 Å². The molecule has 15 heavy (non-hydrogen) atoms. The average molecular weight is 266 g/mol. The lowest BCUT2D eigenvalue weighted by Crippen LogP contribution is -1.93. The van der Waals surface area contributed by atoms with Gasteiger partial charge in [-0.25, -0.2) is 0 Å². The number of halogens is 1. The number of benzene rings is 1. The van der Waals surface area contributed by atoms with E-state index in [0.29, 0.717) is 0 Å². The first-order chi connectivity index (χ1) is 7.26. The van der Waals surface area contributed by atoms with E-state index < -0.39 is 0 Å². The molecule has 0 saturated heterocycles. The Balaban J connectivity index is 2.69. The Labute approximate surface area is 97.0 Å². The van der Waals surface area contributed by atoms with Crippen molar-refractivity contribution in [1.29, 1.82) is 0 Å². The fourth-order valence-electron chi connectivity index (χ4n) is 1.82. The summed E-state index contributed by atoms with van der Waals surface area (Å²) in [4.78, 5) is 10.9. The first kappa shape index (κ1) is 10.4. The molecule has 0 aliphatic heterocycles. The fraction of sp³-hybridized carbons (Fsp3) is 0.250. The fourth-order valence-corrected chi connectivity index (χ4v) is 2.18. The van der Waals surface area contributed by atoms with Crippen LogP contribution in [0, 0.1) is 0 Å². The number of nitrogens with zero attached hydrogens (tertiary/aromatic N) is 1. The second kappa shape index (κ2) is 4.19. The van der Waals surface area contributed by atoms with Crippen molar-refractivity contribution in [3.8, 4) is 0 Å². The summed E-state index contributed by atoms with van der Waals surface area (Å²) in [5, 5.41) is 1.02. The highest BCUT2D eigenvalue weighted by Gasteiger charge is 2.07. The van der Waals surface area contributed by atoms with Crippen molar-refractivity contribution in [3.63, 3.8) is 0 Å². The molecule has 1 aromatic heterocycles. The van der Waals surface area contributed by atoms with Crippen molar-refractivity contribution < 1.29 is 4.79 Å². The predicted molar refractivity (Wildman–Crippen MR) is 65.3 cm³/mol. The van der Waals surface area contributed by atoms with Gasteiger partial charge in [-0.3, -0.25) is 4.79 Å². The molecule has 1 aromatic carbocycles. The van der Waals surface area contributed by atoms with Crippen LogP contribution in [-0.4, -0.2) is 10.9 Å². The van der Waals surface area contributed by atoms with Crippen LogP contribution < -0.4 is 0 Å². The van der Waals surface area contributed by atoms with E-state index in [0.717, 1.165) is 40.2 Å². The van der Waals surface area contributed by atoms with E-state index >= 15 is 0 Å². The molecule has 0 spiro atoms. The molecule has 0 amide bonds. The van der Waals surface area contributed by atoms with Crippen LogP contribution in [0.2, 0.25) is 0 Å². The minimum Gasteiger partial charge on any atom is -0.347 e. The van der Waals surface area contributed by atoms with Gasteiger partial charge in [-0.2, -0.15) is 0 Å². The van der Waals surface area contributed by atoms with Crippen LogP contribution >= 0.6 is 15.9 Å². The SMILES string of the molecule is CCCn1cc(C=O)c2cc(Br)ccc21. The molecule has 0 fully saturated rings. The largest absolute Gasteiger partial charge is 0.347 e. The van der Waals surface area contributed by atoms with Gasteiger partial charge >= 0.3 is 0 Å². The summed E-state index contributed by atoms with van der Waals surface area (Å²) in [5.41, 5.74) is 1.89. The molecular weight excluding hydrogens is 254 g/mol. The highest BCUT2D eigenvalue weighted by molar-refractivity contribution is 9.10. The summed E-state index contributed by atoms with van der Waals surface area (Å²) >= 11 is 3.42. The molecule has 0 aliphatic rings. The third kappa shape index (κ3) is 1.84. The maximum atomic E-state index is 10.9. The van der Waals surface area contributed by atoms with Crippen LogP contribution in [0.3, 0.4) is 0 Å². The molecule has 2 aromatic rings. The summed E-state index contributed by atoms with van der Waals surface area (Å²) in [5.74, 6) is 0. The van der Waals surface area contributed by atoms with Crippen molar-refractivity contribution in [3.05, 3.63) is 34.4 Å². The number of rotatable bonds is 3. The third-order valence-electron chi connectivity index (χ3n) is 2.47. The zero-order valence-corrected chi connectivity index (χ0v) is 10.1. The van der Waals surface area contributed by atoms with E-state index in [1.807, 2.05) is 24.4 Å². The molecule has 0 radical (unpaired) electrons. The molecule has 0 saturated carbocycles. The predicted octanol–water partition coefficient (Wildman–Crippen LogP) is 3.63. The van der Waals surface area contributed by atoms with Crippen LogP contribution in [0.5, 0.6) is 0 Å².